The zero-order valence-corrected chi connectivity index (χ0v) is 17.7. The monoisotopic (exact) mass is 482 g/mol. The van der Waals surface area contributed by atoms with Gasteiger partial charge in [-0.2, -0.15) is 8.78 Å². The molecule has 3 heterocycles. The highest BCUT2D eigenvalue weighted by Crippen LogP contribution is 2.34. The summed E-state index contributed by atoms with van der Waals surface area (Å²) >= 11 is 0. The first-order chi connectivity index (χ1) is 16.1. The first-order valence-corrected chi connectivity index (χ1v) is 10.1. The van der Waals surface area contributed by atoms with E-state index in [1.165, 1.54) is 24.3 Å². The lowest BCUT2D eigenvalue weighted by Crippen LogP contribution is -2.34. The number of aromatic nitrogens is 1. The fraction of sp³-hybridized carbons (Fsp3) is 0.333. The second-order valence-corrected chi connectivity index (χ2v) is 7.57. The number of hydrogen-bond acceptors (Lipinski definition) is 6. The van der Waals surface area contributed by atoms with Crippen molar-refractivity contribution in [1.82, 2.24) is 10.3 Å². The molecular weight excluding hydrogens is 464 g/mol. The van der Waals surface area contributed by atoms with Gasteiger partial charge in [0, 0.05) is 30.3 Å². The second-order valence-electron chi connectivity index (χ2n) is 7.57. The Morgan fingerprint density at radius 1 is 1.21 bits per heavy atom. The number of hydrogen-bond donors (Lipinski definition) is 1. The van der Waals surface area contributed by atoms with Crippen molar-refractivity contribution in [1.29, 1.82) is 0 Å². The standard InChI is InChI=1S/C21H18F4N4O5/c1-33-19(31)27-9-12-10-29(20(32)34-12)14-4-3-13(16(22)17(14)23)11-2-5-15(26-8-11)28-7-6-21(24,25)18(28)30/h2-5,8,12H,6-7,9-10H2,1H3,(H,27,31)/t12-/m0/s1. The highest BCUT2D eigenvalue weighted by molar-refractivity contribution is 6.00. The van der Waals surface area contributed by atoms with E-state index < -0.39 is 48.2 Å². The van der Waals surface area contributed by atoms with Crippen LogP contribution in [-0.4, -0.2) is 61.8 Å². The van der Waals surface area contributed by atoms with Crippen molar-refractivity contribution >= 4 is 29.6 Å². The summed E-state index contributed by atoms with van der Waals surface area (Å²) in [6.07, 6.45) is -1.95. The number of methoxy groups -OCH3 is 1. The topological polar surface area (TPSA) is 101 Å². The van der Waals surface area contributed by atoms with Crippen LogP contribution in [0.1, 0.15) is 6.42 Å². The molecule has 34 heavy (non-hydrogen) atoms. The van der Waals surface area contributed by atoms with Gasteiger partial charge in [0.2, 0.25) is 0 Å². The van der Waals surface area contributed by atoms with Crippen molar-refractivity contribution in [2.45, 2.75) is 18.4 Å². The Morgan fingerprint density at radius 3 is 2.59 bits per heavy atom. The van der Waals surface area contributed by atoms with Gasteiger partial charge in [0.1, 0.15) is 11.9 Å². The van der Waals surface area contributed by atoms with Gasteiger partial charge >= 0.3 is 18.1 Å². The molecule has 2 fully saturated rings. The molecule has 1 atom stereocenters. The molecule has 4 rings (SSSR count). The summed E-state index contributed by atoms with van der Waals surface area (Å²) in [7, 11) is 1.16. The Morgan fingerprint density at radius 2 is 1.97 bits per heavy atom. The Kier molecular flexibility index (Phi) is 6.02. The van der Waals surface area contributed by atoms with Gasteiger partial charge in [-0.1, -0.05) is 0 Å². The lowest BCUT2D eigenvalue weighted by Gasteiger charge is -2.17. The number of alkyl carbamates (subject to hydrolysis) is 1. The van der Waals surface area contributed by atoms with E-state index in [-0.39, 0.29) is 42.3 Å². The van der Waals surface area contributed by atoms with Crippen LogP contribution in [0, 0.1) is 11.6 Å². The van der Waals surface area contributed by atoms with Crippen molar-refractivity contribution in [2.75, 3.05) is 36.5 Å². The highest BCUT2D eigenvalue weighted by atomic mass is 19.3. The molecule has 3 amide bonds. The number of halogens is 4. The summed E-state index contributed by atoms with van der Waals surface area (Å²) in [6, 6.07) is 5.00. The number of nitrogens with zero attached hydrogens (tertiary/aromatic N) is 3. The van der Waals surface area contributed by atoms with Crippen LogP contribution in [0.2, 0.25) is 0 Å². The van der Waals surface area contributed by atoms with Crippen LogP contribution in [0.25, 0.3) is 11.1 Å². The van der Waals surface area contributed by atoms with Gasteiger partial charge in [0.15, 0.2) is 11.6 Å². The van der Waals surface area contributed by atoms with Crippen molar-refractivity contribution in [3.8, 4) is 11.1 Å². The number of carbonyl (C=O) groups is 3. The van der Waals surface area contributed by atoms with Crippen molar-refractivity contribution in [3.63, 3.8) is 0 Å². The molecule has 13 heteroatoms. The van der Waals surface area contributed by atoms with E-state index in [4.69, 9.17) is 4.74 Å². The molecule has 0 aliphatic carbocycles. The molecule has 2 aromatic rings. The van der Waals surface area contributed by atoms with E-state index in [0.717, 1.165) is 23.1 Å². The number of amides is 3. The number of pyridine rings is 1. The van der Waals surface area contributed by atoms with Crippen LogP contribution in [0.5, 0.6) is 0 Å². The number of rotatable bonds is 5. The number of nitrogens with one attached hydrogen (secondary N) is 1. The van der Waals surface area contributed by atoms with Crippen LogP contribution in [0.3, 0.4) is 0 Å². The van der Waals surface area contributed by atoms with Crippen molar-refractivity contribution < 1.29 is 41.4 Å². The van der Waals surface area contributed by atoms with Crippen LogP contribution >= 0.6 is 0 Å². The third-order valence-corrected chi connectivity index (χ3v) is 5.43. The van der Waals surface area contributed by atoms with E-state index >= 15 is 0 Å². The molecular formula is C21H18F4N4O5. The number of alkyl halides is 2. The number of ether oxygens (including phenoxy) is 2. The third kappa shape index (κ3) is 4.20. The maximum absolute atomic E-state index is 14.9. The molecule has 9 nitrogen and oxygen atoms in total. The van der Waals surface area contributed by atoms with Gasteiger partial charge in [-0.15, -0.1) is 0 Å². The average molecular weight is 482 g/mol. The highest BCUT2D eigenvalue weighted by Gasteiger charge is 2.48. The largest absolute Gasteiger partial charge is 0.453 e. The van der Waals surface area contributed by atoms with Crippen LogP contribution in [0.4, 0.5) is 38.7 Å². The van der Waals surface area contributed by atoms with Gasteiger partial charge in [-0.05, 0) is 24.3 Å². The molecule has 1 N–H and O–H groups in total. The summed E-state index contributed by atoms with van der Waals surface area (Å²) in [5.74, 6) is -7.44. The summed E-state index contributed by atoms with van der Waals surface area (Å²) in [6.45, 7) is -0.429. The Hall–Kier alpha value is -3.90. The molecule has 2 aliphatic rings. The molecule has 0 unspecified atom stereocenters. The lowest BCUT2D eigenvalue weighted by atomic mass is 10.1. The van der Waals surface area contributed by atoms with E-state index in [1.807, 2.05) is 0 Å². The van der Waals surface area contributed by atoms with Gasteiger partial charge in [0.05, 0.1) is 25.9 Å². The van der Waals surface area contributed by atoms with Crippen LogP contribution in [-0.2, 0) is 14.3 Å². The number of benzene rings is 1. The molecule has 0 radical (unpaired) electrons. The SMILES string of the molecule is COC(=O)NC[C@H]1CN(c2ccc(-c3ccc(N4CCC(F)(F)C4=O)nc3)c(F)c2F)C(=O)O1. The van der Waals surface area contributed by atoms with Crippen molar-refractivity contribution in [3.05, 3.63) is 42.1 Å². The summed E-state index contributed by atoms with van der Waals surface area (Å²) in [4.78, 5) is 40.7. The molecule has 0 spiro atoms. The fourth-order valence-corrected chi connectivity index (χ4v) is 3.65. The maximum atomic E-state index is 14.9. The van der Waals surface area contributed by atoms with Crippen LogP contribution < -0.4 is 15.1 Å². The smallest absolute Gasteiger partial charge is 0.414 e. The predicted octanol–water partition coefficient (Wildman–Crippen LogP) is 3.08. The molecule has 180 valence electrons. The zero-order valence-electron chi connectivity index (χ0n) is 17.7. The van der Waals surface area contributed by atoms with E-state index in [0.29, 0.717) is 0 Å². The van der Waals surface area contributed by atoms with Gasteiger partial charge in [-0.3, -0.25) is 14.6 Å². The minimum atomic E-state index is -3.46. The number of cyclic esters (lactones) is 1. The van der Waals surface area contributed by atoms with Gasteiger partial charge in [0.25, 0.3) is 5.91 Å². The normalized spacial score (nSPS) is 19.4. The second kappa shape index (κ2) is 8.80. The van der Waals surface area contributed by atoms with E-state index in [1.54, 1.807) is 0 Å². The first-order valence-electron chi connectivity index (χ1n) is 10.1. The molecule has 0 saturated carbocycles. The summed E-state index contributed by atoms with van der Waals surface area (Å²) in [5, 5.41) is 2.35. The minimum Gasteiger partial charge on any atom is -0.453 e. The number of carbonyl (C=O) groups excluding carboxylic acids is 3. The first kappa shape index (κ1) is 23.3. The zero-order chi connectivity index (χ0) is 24.6. The van der Waals surface area contributed by atoms with Crippen LogP contribution in [0.15, 0.2) is 30.5 Å². The predicted molar refractivity (Wildman–Crippen MR) is 110 cm³/mol. The lowest BCUT2D eigenvalue weighted by molar-refractivity contribution is -0.137. The molecule has 0 bridgehead atoms. The molecule has 2 aliphatic heterocycles. The molecule has 1 aromatic carbocycles. The Balaban J connectivity index is 1.51. The van der Waals surface area contributed by atoms with E-state index in [2.05, 4.69) is 15.0 Å². The van der Waals surface area contributed by atoms with Gasteiger partial charge < -0.3 is 14.8 Å². The molecule has 2 saturated heterocycles. The number of anilines is 2. The summed E-state index contributed by atoms with van der Waals surface area (Å²) < 4.78 is 66.1. The maximum Gasteiger partial charge on any atom is 0.414 e. The molecule has 1 aromatic heterocycles. The Bertz CT molecular complexity index is 1140. The third-order valence-electron chi connectivity index (χ3n) is 5.43. The Labute approximate surface area is 190 Å². The van der Waals surface area contributed by atoms with E-state index in [9.17, 15) is 31.9 Å². The summed E-state index contributed by atoms with van der Waals surface area (Å²) in [5.41, 5.74) is -0.412. The van der Waals surface area contributed by atoms with Gasteiger partial charge in [-0.25, -0.2) is 23.4 Å². The minimum absolute atomic E-state index is 0.0326. The average Bonchev–Trinajstić information content (AvgIpc) is 3.32. The van der Waals surface area contributed by atoms with Crippen molar-refractivity contribution in [2.24, 2.45) is 0 Å². The quantitative estimate of drug-likeness (QED) is 0.658. The fourth-order valence-electron chi connectivity index (χ4n) is 3.65.